The normalized spacial score (nSPS) is 13.7. The van der Waals surface area contributed by atoms with Crippen LogP contribution in [0.25, 0.3) is 0 Å². The third-order valence-corrected chi connectivity index (χ3v) is 2.55. The number of aromatic amines is 1. The van der Waals surface area contributed by atoms with E-state index in [0.717, 1.165) is 12.2 Å². The minimum absolute atomic E-state index is 0.139. The van der Waals surface area contributed by atoms with Crippen molar-refractivity contribution in [3.05, 3.63) is 18.2 Å². The van der Waals surface area contributed by atoms with Crippen molar-refractivity contribution < 1.29 is 30.7 Å². The van der Waals surface area contributed by atoms with Crippen molar-refractivity contribution in [3.63, 3.8) is 0 Å². The van der Waals surface area contributed by atoms with Gasteiger partial charge in [-0.25, -0.2) is 18.0 Å². The van der Waals surface area contributed by atoms with E-state index in [4.69, 9.17) is 18.7 Å². The molecular weight excluding hydrogens is 275 g/mol. The van der Waals surface area contributed by atoms with E-state index in [2.05, 4.69) is 11.9 Å². The van der Waals surface area contributed by atoms with E-state index in [1.54, 1.807) is 0 Å². The molecule has 1 aromatic rings. The molecule has 0 aliphatic heterocycles. The van der Waals surface area contributed by atoms with Crippen LogP contribution in [0.3, 0.4) is 0 Å². The van der Waals surface area contributed by atoms with Gasteiger partial charge < -0.3 is 10.3 Å². The monoisotopic (exact) mass is 289 g/mol. The molecule has 6 nitrogen and oxygen atoms in total. The molecule has 10 heteroatoms. The first-order valence-corrected chi connectivity index (χ1v) is 6.22. The van der Waals surface area contributed by atoms with Crippen LogP contribution in [0.5, 0.6) is 0 Å². The SMILES string of the molecule is CCC(N)c1[nH]cc[n+]1C.O=S(=O)([O-])C(F)(F)F. The van der Waals surface area contributed by atoms with E-state index in [1.807, 2.05) is 24.0 Å². The topological polar surface area (TPSA) is 103 Å². The van der Waals surface area contributed by atoms with Crippen LogP contribution < -0.4 is 10.3 Å². The van der Waals surface area contributed by atoms with Gasteiger partial charge >= 0.3 is 5.51 Å². The number of nitrogens with one attached hydrogen (secondary N) is 1. The number of aromatic nitrogens is 2. The fourth-order valence-corrected chi connectivity index (χ4v) is 0.979. The summed E-state index contributed by atoms with van der Waals surface area (Å²) in [5.74, 6) is 1.09. The summed E-state index contributed by atoms with van der Waals surface area (Å²) >= 11 is 0. The second-order valence-electron chi connectivity index (χ2n) is 3.37. The summed E-state index contributed by atoms with van der Waals surface area (Å²) in [5.41, 5.74) is 0.142. The zero-order valence-corrected chi connectivity index (χ0v) is 10.5. The molecule has 0 saturated carbocycles. The average Bonchev–Trinajstić information content (AvgIpc) is 2.61. The molecule has 1 heterocycles. The lowest BCUT2D eigenvalue weighted by atomic mass is 10.2. The summed E-state index contributed by atoms with van der Waals surface area (Å²) in [5, 5.41) is 0. The van der Waals surface area contributed by atoms with Crippen LogP contribution in [-0.2, 0) is 17.2 Å². The van der Waals surface area contributed by atoms with Gasteiger partial charge in [0.15, 0.2) is 10.1 Å². The number of hydrogen-bond acceptors (Lipinski definition) is 4. The van der Waals surface area contributed by atoms with E-state index in [1.165, 1.54) is 0 Å². The van der Waals surface area contributed by atoms with E-state index < -0.39 is 15.6 Å². The number of H-pyrrole nitrogens is 1. The van der Waals surface area contributed by atoms with Crippen LogP contribution in [0.15, 0.2) is 12.4 Å². The minimum Gasteiger partial charge on any atom is -0.741 e. The van der Waals surface area contributed by atoms with Crippen LogP contribution in [0, 0.1) is 0 Å². The third-order valence-electron chi connectivity index (χ3n) is 1.98. The molecule has 0 bridgehead atoms. The van der Waals surface area contributed by atoms with Gasteiger partial charge in [0.2, 0.25) is 0 Å². The number of imidazole rings is 1. The van der Waals surface area contributed by atoms with Crippen molar-refractivity contribution in [3.8, 4) is 0 Å². The molecular formula is C8H14F3N3O3S. The summed E-state index contributed by atoms with van der Waals surface area (Å²) in [6.07, 6.45) is 4.82. The number of aryl methyl sites for hydroxylation is 1. The maximum atomic E-state index is 10.7. The fraction of sp³-hybridized carbons (Fsp3) is 0.625. The van der Waals surface area contributed by atoms with E-state index in [9.17, 15) is 13.2 Å². The Labute approximate surface area is 102 Å². The van der Waals surface area contributed by atoms with Gasteiger partial charge in [-0.15, -0.1) is 0 Å². The predicted octanol–water partition coefficient (Wildman–Crippen LogP) is 0.300. The van der Waals surface area contributed by atoms with Crippen molar-refractivity contribution in [2.75, 3.05) is 0 Å². The highest BCUT2D eigenvalue weighted by atomic mass is 32.2. The first kappa shape index (κ1) is 16.9. The maximum Gasteiger partial charge on any atom is 0.485 e. The van der Waals surface area contributed by atoms with Crippen LogP contribution in [0.4, 0.5) is 13.2 Å². The smallest absolute Gasteiger partial charge is 0.485 e. The molecule has 0 saturated heterocycles. The van der Waals surface area contributed by atoms with Gasteiger partial charge in [-0.1, -0.05) is 6.92 Å². The van der Waals surface area contributed by atoms with Gasteiger partial charge in [-0.3, -0.25) is 0 Å². The lowest BCUT2D eigenvalue weighted by Gasteiger charge is -2.08. The molecule has 0 spiro atoms. The molecule has 18 heavy (non-hydrogen) atoms. The lowest BCUT2D eigenvalue weighted by molar-refractivity contribution is -0.679. The van der Waals surface area contributed by atoms with Gasteiger partial charge in [0, 0.05) is 0 Å². The standard InChI is InChI=1S/C7H13N3.CHF3O3S/c1-3-6(8)7-9-4-5-10(7)2;2-1(3,4)8(5,6)7/h4-6H,3,8H2,1-2H3;(H,5,6,7). The Morgan fingerprint density at radius 1 is 1.56 bits per heavy atom. The number of halogens is 3. The van der Waals surface area contributed by atoms with E-state index in [-0.39, 0.29) is 6.04 Å². The summed E-state index contributed by atoms with van der Waals surface area (Å²) in [6.45, 7) is 2.07. The average molecular weight is 289 g/mol. The highest BCUT2D eigenvalue weighted by Gasteiger charge is 2.36. The van der Waals surface area contributed by atoms with Crippen molar-refractivity contribution in [2.24, 2.45) is 12.8 Å². The van der Waals surface area contributed by atoms with Gasteiger partial charge in [-0.2, -0.15) is 13.2 Å². The van der Waals surface area contributed by atoms with Gasteiger partial charge in [0.05, 0.1) is 7.05 Å². The highest BCUT2D eigenvalue weighted by Crippen LogP contribution is 2.20. The highest BCUT2D eigenvalue weighted by molar-refractivity contribution is 7.86. The van der Waals surface area contributed by atoms with Crippen molar-refractivity contribution in [1.29, 1.82) is 0 Å². The molecule has 0 aromatic carbocycles. The number of hydrogen-bond donors (Lipinski definition) is 2. The largest absolute Gasteiger partial charge is 0.741 e. The van der Waals surface area contributed by atoms with Crippen molar-refractivity contribution in [2.45, 2.75) is 24.9 Å². The van der Waals surface area contributed by atoms with Crippen LogP contribution >= 0.6 is 0 Å². The van der Waals surface area contributed by atoms with Crippen LogP contribution in [0.1, 0.15) is 25.2 Å². The molecule has 0 aliphatic carbocycles. The maximum absolute atomic E-state index is 10.7. The lowest BCUT2D eigenvalue weighted by Crippen LogP contribution is -2.34. The van der Waals surface area contributed by atoms with Gasteiger partial charge in [0.1, 0.15) is 18.4 Å². The molecule has 106 valence electrons. The Morgan fingerprint density at radius 3 is 2.22 bits per heavy atom. The molecule has 0 aliphatic rings. The Morgan fingerprint density at radius 2 is 2.00 bits per heavy atom. The molecule has 0 fully saturated rings. The molecule has 1 unspecified atom stereocenters. The quantitative estimate of drug-likeness (QED) is 0.464. The molecule has 1 atom stereocenters. The molecule has 1 rings (SSSR count). The minimum atomic E-state index is -6.09. The first-order valence-electron chi connectivity index (χ1n) is 4.81. The second kappa shape index (κ2) is 6.16. The number of nitrogens with zero attached hydrogens (tertiary/aromatic N) is 1. The van der Waals surface area contributed by atoms with Crippen molar-refractivity contribution in [1.82, 2.24) is 4.98 Å². The van der Waals surface area contributed by atoms with Crippen LogP contribution in [-0.4, -0.2) is 23.5 Å². The number of rotatable bonds is 2. The zero-order valence-electron chi connectivity index (χ0n) is 9.73. The Kier molecular flexibility index (Phi) is 5.77. The summed E-state index contributed by atoms with van der Waals surface area (Å²) in [4.78, 5) is 3.09. The van der Waals surface area contributed by atoms with E-state index >= 15 is 0 Å². The Bertz CT molecular complexity index is 469. The van der Waals surface area contributed by atoms with Gasteiger partial charge in [-0.05, 0) is 6.42 Å². The first-order chi connectivity index (χ1) is 8.00. The second-order valence-corrected chi connectivity index (χ2v) is 4.74. The van der Waals surface area contributed by atoms with E-state index in [0.29, 0.717) is 0 Å². The molecule has 0 amide bonds. The number of nitrogens with two attached hydrogens (primary N) is 1. The van der Waals surface area contributed by atoms with Crippen molar-refractivity contribution >= 4 is 10.1 Å². The van der Waals surface area contributed by atoms with Gasteiger partial charge in [0.25, 0.3) is 5.82 Å². The summed E-state index contributed by atoms with van der Waals surface area (Å²) in [7, 11) is -4.10. The third kappa shape index (κ3) is 5.02. The molecule has 1 aromatic heterocycles. The summed E-state index contributed by atoms with van der Waals surface area (Å²) in [6, 6.07) is 0.139. The van der Waals surface area contributed by atoms with Crippen LogP contribution in [0.2, 0.25) is 0 Å². The Balaban J connectivity index is 0.000000331. The summed E-state index contributed by atoms with van der Waals surface area (Å²) < 4.78 is 60.9. The molecule has 3 N–H and O–H groups in total. The molecule has 0 radical (unpaired) electrons. The Hall–Kier alpha value is -1.13. The number of alkyl halides is 3. The zero-order chi connectivity index (χ0) is 14.6. The fourth-order valence-electron chi connectivity index (χ4n) is 0.979. The predicted molar refractivity (Wildman–Crippen MR) is 54.9 cm³/mol.